The van der Waals surface area contributed by atoms with Crippen LogP contribution in [0.1, 0.15) is 0 Å². The molecule has 0 aliphatic rings. The fraction of sp³-hybridized carbons (Fsp3) is 0.100. The molecule has 0 aliphatic carbocycles. The van der Waals surface area contributed by atoms with Crippen LogP contribution in [-0.2, 0) is 0 Å². The molecule has 0 unspecified atom stereocenters. The maximum absolute atomic E-state index is 5.80. The molecule has 72 valence electrons. The quantitative estimate of drug-likeness (QED) is 0.781. The highest BCUT2D eigenvalue weighted by Crippen LogP contribution is 2.28. The summed E-state index contributed by atoms with van der Waals surface area (Å²) >= 11 is 7.27. The molecule has 0 saturated carbocycles. The SMILES string of the molecule is COc1ccc(-c2ncc(Cl)s2)cc1. The molecule has 0 fully saturated rings. The lowest BCUT2D eigenvalue weighted by molar-refractivity contribution is 0.415. The molecule has 1 heterocycles. The minimum Gasteiger partial charge on any atom is -0.497 e. The summed E-state index contributed by atoms with van der Waals surface area (Å²) in [5.74, 6) is 0.844. The summed E-state index contributed by atoms with van der Waals surface area (Å²) in [6, 6.07) is 7.75. The van der Waals surface area contributed by atoms with E-state index in [-0.39, 0.29) is 0 Å². The van der Waals surface area contributed by atoms with Gasteiger partial charge in [0.05, 0.1) is 13.3 Å². The Bertz CT molecular complexity index is 424. The van der Waals surface area contributed by atoms with E-state index in [0.29, 0.717) is 4.34 Å². The molecule has 1 aromatic heterocycles. The van der Waals surface area contributed by atoms with Crippen LogP contribution >= 0.6 is 22.9 Å². The molecule has 0 spiro atoms. The Morgan fingerprint density at radius 2 is 2.00 bits per heavy atom. The third-order valence-corrected chi connectivity index (χ3v) is 2.98. The van der Waals surface area contributed by atoms with Crippen LogP contribution in [-0.4, -0.2) is 12.1 Å². The first-order valence-corrected chi connectivity index (χ1v) is 5.25. The Hall–Kier alpha value is -1.06. The van der Waals surface area contributed by atoms with E-state index in [1.54, 1.807) is 13.3 Å². The normalized spacial score (nSPS) is 10.1. The molecule has 14 heavy (non-hydrogen) atoms. The van der Waals surface area contributed by atoms with Crippen LogP contribution in [0.15, 0.2) is 30.5 Å². The van der Waals surface area contributed by atoms with Crippen molar-refractivity contribution in [3.05, 3.63) is 34.8 Å². The first-order valence-electron chi connectivity index (χ1n) is 4.05. The van der Waals surface area contributed by atoms with Crippen LogP contribution in [0, 0.1) is 0 Å². The van der Waals surface area contributed by atoms with E-state index in [1.165, 1.54) is 11.3 Å². The van der Waals surface area contributed by atoms with Gasteiger partial charge in [-0.25, -0.2) is 4.98 Å². The third-order valence-electron chi connectivity index (χ3n) is 1.81. The number of aromatic nitrogens is 1. The van der Waals surface area contributed by atoms with Crippen LogP contribution in [0.4, 0.5) is 0 Å². The topological polar surface area (TPSA) is 22.1 Å². The highest BCUT2D eigenvalue weighted by atomic mass is 35.5. The molecule has 0 atom stereocenters. The predicted molar refractivity (Wildman–Crippen MR) is 59.1 cm³/mol. The largest absolute Gasteiger partial charge is 0.497 e. The molecule has 1 aromatic carbocycles. The second-order valence-corrected chi connectivity index (χ2v) is 4.36. The van der Waals surface area contributed by atoms with E-state index in [2.05, 4.69) is 4.98 Å². The summed E-state index contributed by atoms with van der Waals surface area (Å²) < 4.78 is 5.77. The molecule has 4 heteroatoms. The first-order chi connectivity index (χ1) is 6.79. The number of nitrogens with zero attached hydrogens (tertiary/aromatic N) is 1. The lowest BCUT2D eigenvalue weighted by Crippen LogP contribution is -1.81. The summed E-state index contributed by atoms with van der Waals surface area (Å²) in [7, 11) is 1.65. The Balaban J connectivity index is 2.33. The minimum atomic E-state index is 0.704. The molecular weight excluding hydrogens is 218 g/mol. The average Bonchev–Trinajstić information content (AvgIpc) is 2.65. The molecule has 0 N–H and O–H groups in total. The van der Waals surface area contributed by atoms with Crippen LogP contribution in [0.2, 0.25) is 4.34 Å². The van der Waals surface area contributed by atoms with Gasteiger partial charge in [-0.3, -0.25) is 0 Å². The highest BCUT2D eigenvalue weighted by Gasteiger charge is 2.02. The van der Waals surface area contributed by atoms with Gasteiger partial charge in [-0.15, -0.1) is 11.3 Å². The van der Waals surface area contributed by atoms with Crippen molar-refractivity contribution in [1.82, 2.24) is 4.98 Å². The number of hydrogen-bond donors (Lipinski definition) is 0. The van der Waals surface area contributed by atoms with E-state index in [1.807, 2.05) is 24.3 Å². The maximum Gasteiger partial charge on any atom is 0.124 e. The van der Waals surface area contributed by atoms with Crippen molar-refractivity contribution in [3.8, 4) is 16.3 Å². The summed E-state index contributed by atoms with van der Waals surface area (Å²) in [4.78, 5) is 4.19. The summed E-state index contributed by atoms with van der Waals surface area (Å²) in [5, 5.41) is 0.928. The summed E-state index contributed by atoms with van der Waals surface area (Å²) in [6.45, 7) is 0. The number of thiazole rings is 1. The summed E-state index contributed by atoms with van der Waals surface area (Å²) in [5.41, 5.74) is 1.06. The Kier molecular flexibility index (Phi) is 2.70. The second kappa shape index (κ2) is 3.98. The van der Waals surface area contributed by atoms with Crippen molar-refractivity contribution in [1.29, 1.82) is 0 Å². The standard InChI is InChI=1S/C10H8ClNOS/c1-13-8-4-2-7(3-5-8)10-12-6-9(11)14-10/h2-6H,1H3. The monoisotopic (exact) mass is 225 g/mol. The smallest absolute Gasteiger partial charge is 0.124 e. The van der Waals surface area contributed by atoms with Crippen molar-refractivity contribution in [2.24, 2.45) is 0 Å². The van der Waals surface area contributed by atoms with Gasteiger partial charge in [0.15, 0.2) is 0 Å². The van der Waals surface area contributed by atoms with E-state index in [0.717, 1.165) is 16.3 Å². The van der Waals surface area contributed by atoms with Gasteiger partial charge in [0.25, 0.3) is 0 Å². The van der Waals surface area contributed by atoms with E-state index in [9.17, 15) is 0 Å². The van der Waals surface area contributed by atoms with Gasteiger partial charge in [-0.1, -0.05) is 11.6 Å². The number of benzene rings is 1. The van der Waals surface area contributed by atoms with E-state index < -0.39 is 0 Å². The second-order valence-electron chi connectivity index (χ2n) is 2.70. The van der Waals surface area contributed by atoms with Crippen LogP contribution in [0.5, 0.6) is 5.75 Å². The lowest BCUT2D eigenvalue weighted by Gasteiger charge is -1.99. The fourth-order valence-corrected chi connectivity index (χ4v) is 2.04. The Morgan fingerprint density at radius 1 is 1.29 bits per heavy atom. The third kappa shape index (κ3) is 1.89. The lowest BCUT2D eigenvalue weighted by atomic mass is 10.2. The zero-order valence-corrected chi connectivity index (χ0v) is 9.10. The zero-order chi connectivity index (χ0) is 9.97. The van der Waals surface area contributed by atoms with Gasteiger partial charge >= 0.3 is 0 Å². The molecule has 2 rings (SSSR count). The van der Waals surface area contributed by atoms with Crippen LogP contribution < -0.4 is 4.74 Å². The van der Waals surface area contributed by atoms with Gasteiger partial charge in [0, 0.05) is 5.56 Å². The van der Waals surface area contributed by atoms with Gasteiger partial charge in [0.1, 0.15) is 15.1 Å². The first kappa shape index (κ1) is 9.49. The molecular formula is C10H8ClNOS. The Morgan fingerprint density at radius 3 is 2.50 bits per heavy atom. The molecule has 0 radical (unpaired) electrons. The predicted octanol–water partition coefficient (Wildman–Crippen LogP) is 3.47. The number of halogens is 1. The molecule has 0 amide bonds. The van der Waals surface area contributed by atoms with Gasteiger partial charge < -0.3 is 4.74 Å². The zero-order valence-electron chi connectivity index (χ0n) is 7.53. The number of hydrogen-bond acceptors (Lipinski definition) is 3. The van der Waals surface area contributed by atoms with Crippen LogP contribution in [0.3, 0.4) is 0 Å². The van der Waals surface area contributed by atoms with Crippen molar-refractivity contribution in [3.63, 3.8) is 0 Å². The Labute approximate surface area is 91.1 Å². The summed E-state index contributed by atoms with van der Waals surface area (Å²) in [6.07, 6.45) is 1.66. The number of ether oxygens (including phenoxy) is 1. The average molecular weight is 226 g/mol. The number of methoxy groups -OCH3 is 1. The van der Waals surface area contributed by atoms with Crippen molar-refractivity contribution < 1.29 is 4.74 Å². The van der Waals surface area contributed by atoms with E-state index in [4.69, 9.17) is 16.3 Å². The molecule has 0 aliphatic heterocycles. The van der Waals surface area contributed by atoms with Crippen molar-refractivity contribution in [2.45, 2.75) is 0 Å². The molecule has 0 bridgehead atoms. The molecule has 2 aromatic rings. The molecule has 0 saturated heterocycles. The van der Waals surface area contributed by atoms with E-state index >= 15 is 0 Å². The van der Waals surface area contributed by atoms with Crippen molar-refractivity contribution >= 4 is 22.9 Å². The maximum atomic E-state index is 5.80. The highest BCUT2D eigenvalue weighted by molar-refractivity contribution is 7.18. The van der Waals surface area contributed by atoms with Crippen LogP contribution in [0.25, 0.3) is 10.6 Å². The van der Waals surface area contributed by atoms with Gasteiger partial charge in [0.2, 0.25) is 0 Å². The fourth-order valence-electron chi connectivity index (χ4n) is 1.12. The van der Waals surface area contributed by atoms with Gasteiger partial charge in [-0.05, 0) is 24.3 Å². The van der Waals surface area contributed by atoms with Gasteiger partial charge in [-0.2, -0.15) is 0 Å². The van der Waals surface area contributed by atoms with Crippen molar-refractivity contribution in [2.75, 3.05) is 7.11 Å². The molecule has 2 nitrogen and oxygen atoms in total. The minimum absolute atomic E-state index is 0.704. The number of rotatable bonds is 2.